The van der Waals surface area contributed by atoms with Gasteiger partial charge in [0, 0.05) is 18.8 Å². The van der Waals surface area contributed by atoms with Crippen molar-refractivity contribution in [2.24, 2.45) is 13.0 Å². The van der Waals surface area contributed by atoms with Gasteiger partial charge in [-0.25, -0.2) is 4.79 Å². The molecule has 0 spiro atoms. The first-order valence-electron chi connectivity index (χ1n) is 9.06. The van der Waals surface area contributed by atoms with Crippen LogP contribution in [0, 0.1) is 5.92 Å². The maximum absolute atomic E-state index is 12.6. The van der Waals surface area contributed by atoms with Crippen molar-refractivity contribution in [3.63, 3.8) is 0 Å². The molecule has 0 unspecified atom stereocenters. The number of para-hydroxylation sites is 1. The third-order valence-corrected chi connectivity index (χ3v) is 5.17. The van der Waals surface area contributed by atoms with E-state index in [1.54, 1.807) is 25.2 Å². The molecule has 1 aliphatic rings. The summed E-state index contributed by atoms with van der Waals surface area (Å²) in [5, 5.41) is 10.00. The maximum atomic E-state index is 12.6. The topological polar surface area (TPSA) is 92.9 Å². The van der Waals surface area contributed by atoms with E-state index in [1.807, 2.05) is 6.07 Å². The lowest BCUT2D eigenvalue weighted by molar-refractivity contribution is 0.102. The van der Waals surface area contributed by atoms with Crippen molar-refractivity contribution in [3.8, 4) is 0 Å². The number of anilines is 1. The van der Waals surface area contributed by atoms with Crippen LogP contribution >= 0.6 is 0 Å². The minimum Gasteiger partial charge on any atom is -0.407 e. The molecule has 2 N–H and O–H groups in total. The molecule has 1 amide bonds. The van der Waals surface area contributed by atoms with Gasteiger partial charge in [-0.3, -0.25) is 14.5 Å². The highest BCUT2D eigenvalue weighted by atomic mass is 16.4. The molecule has 136 valence electrons. The van der Waals surface area contributed by atoms with Gasteiger partial charge in [0.25, 0.3) is 5.91 Å². The van der Waals surface area contributed by atoms with Crippen LogP contribution in [0.2, 0.25) is 0 Å². The van der Waals surface area contributed by atoms with Crippen molar-refractivity contribution >= 4 is 22.8 Å². The number of nitrogens with zero attached hydrogens (tertiary/aromatic N) is 2. The van der Waals surface area contributed by atoms with Crippen LogP contribution in [0.1, 0.15) is 48.2 Å². The smallest absolute Gasteiger partial charge is 0.407 e. The summed E-state index contributed by atoms with van der Waals surface area (Å²) in [6.07, 6.45) is 7.42. The SMILES string of the molecule is Cn1c(=O)oc2c(C(=O)Nc3cc(CC4CCCCC4)[nH]n3)cccc21. The number of amides is 1. The van der Waals surface area contributed by atoms with Crippen molar-refractivity contribution in [1.82, 2.24) is 14.8 Å². The Morgan fingerprint density at radius 3 is 2.96 bits per heavy atom. The van der Waals surface area contributed by atoms with E-state index in [4.69, 9.17) is 4.42 Å². The van der Waals surface area contributed by atoms with E-state index < -0.39 is 5.76 Å². The van der Waals surface area contributed by atoms with Crippen LogP contribution in [0.3, 0.4) is 0 Å². The molecular formula is C19H22N4O3. The minimum atomic E-state index is -0.491. The summed E-state index contributed by atoms with van der Waals surface area (Å²) in [7, 11) is 1.61. The van der Waals surface area contributed by atoms with Crippen molar-refractivity contribution in [1.29, 1.82) is 0 Å². The fourth-order valence-electron chi connectivity index (χ4n) is 3.75. The van der Waals surface area contributed by atoms with Gasteiger partial charge < -0.3 is 9.73 Å². The Hall–Kier alpha value is -2.83. The first kappa shape index (κ1) is 16.6. The summed E-state index contributed by atoms with van der Waals surface area (Å²) in [5.41, 5.74) is 2.23. The third-order valence-electron chi connectivity index (χ3n) is 5.17. The molecule has 26 heavy (non-hydrogen) atoms. The predicted octanol–water partition coefficient (Wildman–Crippen LogP) is 3.23. The molecule has 1 aromatic carbocycles. The summed E-state index contributed by atoms with van der Waals surface area (Å²) in [6, 6.07) is 6.99. The number of aryl methyl sites for hydroxylation is 1. The summed E-state index contributed by atoms with van der Waals surface area (Å²) >= 11 is 0. The Morgan fingerprint density at radius 1 is 1.35 bits per heavy atom. The molecule has 7 nitrogen and oxygen atoms in total. The van der Waals surface area contributed by atoms with Crippen molar-refractivity contribution in [3.05, 3.63) is 46.1 Å². The van der Waals surface area contributed by atoms with E-state index in [9.17, 15) is 9.59 Å². The van der Waals surface area contributed by atoms with E-state index in [2.05, 4.69) is 15.5 Å². The lowest BCUT2D eigenvalue weighted by Crippen LogP contribution is -2.12. The number of H-pyrrole nitrogens is 1. The largest absolute Gasteiger partial charge is 0.419 e. The van der Waals surface area contributed by atoms with E-state index in [0.29, 0.717) is 22.8 Å². The molecule has 0 bridgehead atoms. The monoisotopic (exact) mass is 354 g/mol. The van der Waals surface area contributed by atoms with Gasteiger partial charge in [0.1, 0.15) is 0 Å². The van der Waals surface area contributed by atoms with Crippen LogP contribution in [-0.4, -0.2) is 20.7 Å². The van der Waals surface area contributed by atoms with E-state index in [0.717, 1.165) is 12.1 Å². The number of benzene rings is 1. The summed E-state index contributed by atoms with van der Waals surface area (Å²) < 4.78 is 6.59. The normalized spacial score (nSPS) is 15.4. The minimum absolute atomic E-state index is 0.287. The highest BCUT2D eigenvalue weighted by molar-refractivity contribution is 6.10. The zero-order chi connectivity index (χ0) is 18.1. The van der Waals surface area contributed by atoms with Gasteiger partial charge in [-0.2, -0.15) is 5.10 Å². The second-order valence-electron chi connectivity index (χ2n) is 7.02. The molecule has 1 aliphatic carbocycles. The van der Waals surface area contributed by atoms with Crippen LogP contribution in [0.25, 0.3) is 11.1 Å². The Kier molecular flexibility index (Phi) is 4.36. The van der Waals surface area contributed by atoms with Crippen LogP contribution < -0.4 is 11.1 Å². The highest BCUT2D eigenvalue weighted by Crippen LogP contribution is 2.27. The Morgan fingerprint density at radius 2 is 2.15 bits per heavy atom. The second kappa shape index (κ2) is 6.82. The quantitative estimate of drug-likeness (QED) is 0.752. The van der Waals surface area contributed by atoms with Gasteiger partial charge in [0.2, 0.25) is 0 Å². The highest BCUT2D eigenvalue weighted by Gasteiger charge is 2.18. The molecular weight excluding hydrogens is 332 g/mol. The zero-order valence-corrected chi connectivity index (χ0v) is 14.7. The fraction of sp³-hybridized carbons (Fsp3) is 0.421. The van der Waals surface area contributed by atoms with Gasteiger partial charge in [-0.1, -0.05) is 38.2 Å². The van der Waals surface area contributed by atoms with Gasteiger partial charge in [0.05, 0.1) is 11.1 Å². The molecule has 2 heterocycles. The number of nitrogens with one attached hydrogen (secondary N) is 2. The maximum Gasteiger partial charge on any atom is 0.419 e. The first-order valence-corrected chi connectivity index (χ1v) is 9.06. The Labute approximate surface area is 150 Å². The van der Waals surface area contributed by atoms with Gasteiger partial charge >= 0.3 is 5.76 Å². The second-order valence-corrected chi connectivity index (χ2v) is 7.02. The van der Waals surface area contributed by atoms with Gasteiger partial charge in [0.15, 0.2) is 11.4 Å². The van der Waals surface area contributed by atoms with Crippen molar-refractivity contribution < 1.29 is 9.21 Å². The molecule has 2 aromatic heterocycles. The summed E-state index contributed by atoms with van der Waals surface area (Å²) in [5.74, 6) is 0.339. The first-order chi connectivity index (χ1) is 12.6. The number of carbonyl (C=O) groups is 1. The van der Waals surface area contributed by atoms with E-state index in [1.165, 1.54) is 36.7 Å². The Bertz CT molecular complexity index is 992. The lowest BCUT2D eigenvalue weighted by Gasteiger charge is -2.20. The number of aromatic nitrogens is 3. The lowest BCUT2D eigenvalue weighted by atomic mass is 9.86. The fourth-order valence-corrected chi connectivity index (χ4v) is 3.75. The predicted molar refractivity (Wildman–Crippen MR) is 98.3 cm³/mol. The summed E-state index contributed by atoms with van der Waals surface area (Å²) in [6.45, 7) is 0. The number of carbonyl (C=O) groups excluding carboxylic acids is 1. The number of rotatable bonds is 4. The van der Waals surface area contributed by atoms with Crippen LogP contribution in [-0.2, 0) is 13.5 Å². The molecule has 0 aliphatic heterocycles. The van der Waals surface area contributed by atoms with Gasteiger partial charge in [-0.05, 0) is 24.5 Å². The molecule has 7 heteroatoms. The molecule has 0 saturated heterocycles. The average Bonchev–Trinajstić information content (AvgIpc) is 3.20. The standard InChI is InChI=1S/C19H22N4O3/c1-23-15-9-5-8-14(17(15)26-19(23)25)18(24)20-16-11-13(21-22-16)10-12-6-3-2-4-7-12/h5,8-9,11-12H,2-4,6-7,10H2,1H3,(H2,20,21,22,24). The van der Waals surface area contributed by atoms with Crippen molar-refractivity contribution in [2.75, 3.05) is 5.32 Å². The van der Waals surface area contributed by atoms with E-state index >= 15 is 0 Å². The van der Waals surface area contributed by atoms with Crippen molar-refractivity contribution in [2.45, 2.75) is 38.5 Å². The third kappa shape index (κ3) is 3.16. The number of fused-ring (bicyclic) bond motifs is 1. The van der Waals surface area contributed by atoms with Crippen LogP contribution in [0.4, 0.5) is 5.82 Å². The van der Waals surface area contributed by atoms with Gasteiger partial charge in [-0.15, -0.1) is 0 Å². The van der Waals surface area contributed by atoms with E-state index in [-0.39, 0.29) is 11.5 Å². The molecule has 3 aromatic rings. The summed E-state index contributed by atoms with van der Waals surface area (Å²) in [4.78, 5) is 24.3. The number of hydrogen-bond acceptors (Lipinski definition) is 4. The Balaban J connectivity index is 1.50. The zero-order valence-electron chi connectivity index (χ0n) is 14.7. The van der Waals surface area contributed by atoms with Crippen LogP contribution in [0.15, 0.2) is 33.5 Å². The molecule has 1 saturated carbocycles. The molecule has 4 rings (SSSR count). The number of aromatic amines is 1. The average molecular weight is 354 g/mol. The number of hydrogen-bond donors (Lipinski definition) is 2. The molecule has 0 radical (unpaired) electrons. The number of oxazole rings is 1. The van der Waals surface area contributed by atoms with Crippen LogP contribution in [0.5, 0.6) is 0 Å². The molecule has 0 atom stereocenters. The molecule has 1 fully saturated rings.